The molecule has 3 heterocycles. The third kappa shape index (κ3) is 2.43. The summed E-state index contributed by atoms with van der Waals surface area (Å²) in [5.74, 6) is 0.552. The molecule has 0 atom stereocenters. The van der Waals surface area contributed by atoms with Crippen molar-refractivity contribution >= 4 is 44.0 Å². The number of hydrogen-bond acceptors (Lipinski definition) is 3. The molecule has 0 saturated carbocycles. The van der Waals surface area contributed by atoms with Crippen molar-refractivity contribution in [2.75, 3.05) is 0 Å². The van der Waals surface area contributed by atoms with Crippen molar-refractivity contribution in [3.05, 3.63) is 52.6 Å². The molecular formula is C16H13BrN4O2. The number of H-pyrrole nitrogens is 1. The molecule has 0 saturated heterocycles. The number of halogens is 1. The fraction of sp³-hybridized carbons (Fsp3) is 0.125. The van der Waals surface area contributed by atoms with Gasteiger partial charge in [-0.1, -0.05) is 12.1 Å². The number of para-hydroxylation sites is 2. The Labute approximate surface area is 139 Å². The maximum Gasteiger partial charge on any atom is 0.268 e. The SMILES string of the molecule is Cn1c(C(=O)NCc2nc3ccccc3[nH]2)cc2oc(Br)cc21. The highest BCUT2D eigenvalue weighted by molar-refractivity contribution is 9.10. The lowest BCUT2D eigenvalue weighted by Crippen LogP contribution is -2.25. The number of nitrogens with one attached hydrogen (secondary N) is 2. The standard InChI is InChI=1S/C16H13BrN4O2/c1-21-11-7-14(17)23-13(11)6-12(21)16(22)18-8-15-19-9-4-2-3-5-10(9)20-15/h2-7H,8H2,1H3,(H,18,22)(H,19,20). The molecule has 3 aromatic heterocycles. The van der Waals surface area contributed by atoms with Gasteiger partial charge in [0.15, 0.2) is 10.3 Å². The highest BCUT2D eigenvalue weighted by Gasteiger charge is 2.16. The quantitative estimate of drug-likeness (QED) is 0.578. The molecule has 6 nitrogen and oxygen atoms in total. The zero-order valence-electron chi connectivity index (χ0n) is 12.3. The van der Waals surface area contributed by atoms with Crippen molar-refractivity contribution in [3.63, 3.8) is 0 Å². The number of hydrogen-bond donors (Lipinski definition) is 2. The normalized spacial score (nSPS) is 11.4. The molecule has 116 valence electrons. The molecule has 0 spiro atoms. The third-order valence-electron chi connectivity index (χ3n) is 3.79. The van der Waals surface area contributed by atoms with Crippen LogP contribution in [0.3, 0.4) is 0 Å². The van der Waals surface area contributed by atoms with Gasteiger partial charge in [-0.15, -0.1) is 0 Å². The van der Waals surface area contributed by atoms with Crippen LogP contribution in [0.4, 0.5) is 0 Å². The van der Waals surface area contributed by atoms with Crippen LogP contribution in [0.25, 0.3) is 22.1 Å². The maximum absolute atomic E-state index is 12.4. The minimum atomic E-state index is -0.171. The van der Waals surface area contributed by atoms with Gasteiger partial charge in [-0.3, -0.25) is 4.79 Å². The van der Waals surface area contributed by atoms with E-state index in [2.05, 4.69) is 31.2 Å². The molecule has 0 aliphatic carbocycles. The molecule has 1 amide bonds. The van der Waals surface area contributed by atoms with E-state index in [4.69, 9.17) is 4.42 Å². The fourth-order valence-electron chi connectivity index (χ4n) is 2.64. The summed E-state index contributed by atoms with van der Waals surface area (Å²) < 4.78 is 7.93. The number of benzene rings is 1. The van der Waals surface area contributed by atoms with Crippen LogP contribution in [0, 0.1) is 0 Å². The third-order valence-corrected chi connectivity index (χ3v) is 4.18. The molecule has 4 rings (SSSR count). The average molecular weight is 373 g/mol. The Morgan fingerprint density at radius 3 is 3.00 bits per heavy atom. The van der Waals surface area contributed by atoms with Crippen molar-refractivity contribution in [2.45, 2.75) is 6.54 Å². The first-order valence-corrected chi connectivity index (χ1v) is 7.88. The highest BCUT2D eigenvalue weighted by atomic mass is 79.9. The van der Waals surface area contributed by atoms with E-state index in [0.29, 0.717) is 22.5 Å². The average Bonchev–Trinajstić information content (AvgIpc) is 3.19. The smallest absolute Gasteiger partial charge is 0.268 e. The molecule has 7 heteroatoms. The van der Waals surface area contributed by atoms with Crippen LogP contribution >= 0.6 is 15.9 Å². The van der Waals surface area contributed by atoms with Crippen LogP contribution in [-0.4, -0.2) is 20.4 Å². The van der Waals surface area contributed by atoms with E-state index in [9.17, 15) is 4.79 Å². The van der Waals surface area contributed by atoms with E-state index in [1.54, 1.807) is 10.6 Å². The van der Waals surface area contributed by atoms with Crippen LogP contribution < -0.4 is 5.32 Å². The Kier molecular flexibility index (Phi) is 3.23. The first-order valence-electron chi connectivity index (χ1n) is 7.08. The van der Waals surface area contributed by atoms with E-state index in [1.165, 1.54) is 0 Å². The second-order valence-electron chi connectivity index (χ2n) is 5.27. The zero-order valence-corrected chi connectivity index (χ0v) is 13.8. The van der Waals surface area contributed by atoms with Crippen LogP contribution in [0.1, 0.15) is 16.3 Å². The van der Waals surface area contributed by atoms with Gasteiger partial charge in [0, 0.05) is 19.2 Å². The van der Waals surface area contributed by atoms with Crippen molar-refractivity contribution in [3.8, 4) is 0 Å². The van der Waals surface area contributed by atoms with Gasteiger partial charge in [-0.05, 0) is 28.1 Å². The first-order chi connectivity index (χ1) is 11.1. The summed E-state index contributed by atoms with van der Waals surface area (Å²) in [4.78, 5) is 20.0. The van der Waals surface area contributed by atoms with Gasteiger partial charge in [-0.2, -0.15) is 0 Å². The van der Waals surface area contributed by atoms with E-state index in [-0.39, 0.29) is 5.91 Å². The second-order valence-corrected chi connectivity index (χ2v) is 6.05. The Bertz CT molecular complexity index is 994. The minimum Gasteiger partial charge on any atom is -0.448 e. The van der Waals surface area contributed by atoms with Crippen molar-refractivity contribution in [1.29, 1.82) is 0 Å². The van der Waals surface area contributed by atoms with E-state index < -0.39 is 0 Å². The first kappa shape index (κ1) is 14.1. The van der Waals surface area contributed by atoms with Crippen molar-refractivity contribution in [1.82, 2.24) is 19.9 Å². The molecular weight excluding hydrogens is 360 g/mol. The lowest BCUT2D eigenvalue weighted by atomic mass is 10.3. The number of fused-ring (bicyclic) bond motifs is 2. The van der Waals surface area contributed by atoms with Gasteiger partial charge in [0.25, 0.3) is 5.91 Å². The number of rotatable bonds is 3. The van der Waals surface area contributed by atoms with Gasteiger partial charge in [0.1, 0.15) is 11.5 Å². The van der Waals surface area contributed by atoms with Crippen LogP contribution in [0.2, 0.25) is 0 Å². The number of aryl methyl sites for hydroxylation is 1. The van der Waals surface area contributed by atoms with Crippen LogP contribution in [-0.2, 0) is 13.6 Å². The summed E-state index contributed by atoms with van der Waals surface area (Å²) in [6, 6.07) is 11.3. The van der Waals surface area contributed by atoms with Crippen molar-refractivity contribution < 1.29 is 9.21 Å². The number of furan rings is 1. The molecule has 0 fully saturated rings. The molecule has 0 radical (unpaired) electrons. The predicted molar refractivity (Wildman–Crippen MR) is 90.1 cm³/mol. The number of carbonyl (C=O) groups is 1. The topological polar surface area (TPSA) is 75.8 Å². The maximum atomic E-state index is 12.4. The second kappa shape index (κ2) is 5.27. The molecule has 0 unspecified atom stereocenters. The lowest BCUT2D eigenvalue weighted by Gasteiger charge is -2.04. The van der Waals surface area contributed by atoms with Crippen molar-refractivity contribution in [2.24, 2.45) is 7.05 Å². The van der Waals surface area contributed by atoms with Gasteiger partial charge in [0.05, 0.1) is 23.1 Å². The number of carbonyl (C=O) groups excluding carboxylic acids is 1. The minimum absolute atomic E-state index is 0.171. The molecule has 23 heavy (non-hydrogen) atoms. The van der Waals surface area contributed by atoms with E-state index in [1.807, 2.05) is 37.4 Å². The van der Waals surface area contributed by atoms with E-state index in [0.717, 1.165) is 22.4 Å². The fourth-order valence-corrected chi connectivity index (χ4v) is 3.03. The lowest BCUT2D eigenvalue weighted by molar-refractivity contribution is 0.0942. The monoisotopic (exact) mass is 372 g/mol. The van der Waals surface area contributed by atoms with Gasteiger partial charge in [-0.25, -0.2) is 4.98 Å². The molecule has 0 aliphatic heterocycles. The Morgan fingerprint density at radius 1 is 1.39 bits per heavy atom. The van der Waals surface area contributed by atoms with Gasteiger partial charge >= 0.3 is 0 Å². The number of aromatic amines is 1. The molecule has 1 aromatic carbocycles. The zero-order chi connectivity index (χ0) is 16.0. The van der Waals surface area contributed by atoms with Gasteiger partial charge < -0.3 is 19.3 Å². The van der Waals surface area contributed by atoms with Gasteiger partial charge in [0.2, 0.25) is 0 Å². The molecule has 0 aliphatic rings. The Morgan fingerprint density at radius 2 is 2.22 bits per heavy atom. The Balaban J connectivity index is 1.54. The molecule has 0 bridgehead atoms. The number of aromatic nitrogens is 3. The molecule has 4 aromatic rings. The summed E-state index contributed by atoms with van der Waals surface area (Å²) >= 11 is 3.28. The summed E-state index contributed by atoms with van der Waals surface area (Å²) in [6.45, 7) is 0.337. The highest BCUT2D eigenvalue weighted by Crippen LogP contribution is 2.26. The Hall–Kier alpha value is -2.54. The summed E-state index contributed by atoms with van der Waals surface area (Å²) in [5, 5.41) is 2.88. The largest absolute Gasteiger partial charge is 0.448 e. The predicted octanol–water partition coefficient (Wildman–Crippen LogP) is 3.34. The number of amides is 1. The molecule has 2 N–H and O–H groups in total. The van der Waals surface area contributed by atoms with E-state index >= 15 is 0 Å². The van der Waals surface area contributed by atoms with Crippen LogP contribution in [0.15, 0.2) is 45.5 Å². The number of nitrogens with zero attached hydrogens (tertiary/aromatic N) is 2. The summed E-state index contributed by atoms with van der Waals surface area (Å²) in [7, 11) is 1.83. The number of imidazole rings is 1. The summed E-state index contributed by atoms with van der Waals surface area (Å²) in [6.07, 6.45) is 0. The van der Waals surface area contributed by atoms with Crippen LogP contribution in [0.5, 0.6) is 0 Å². The summed E-state index contributed by atoms with van der Waals surface area (Å²) in [5.41, 5.74) is 3.93.